The molecule has 0 bridgehead atoms. The smallest absolute Gasteiger partial charge is 0.201 e. The van der Waals surface area contributed by atoms with Crippen LogP contribution < -0.4 is 0 Å². The molecule has 4 rings (SSSR count). The Morgan fingerprint density at radius 2 is 1.96 bits per heavy atom. The summed E-state index contributed by atoms with van der Waals surface area (Å²) < 4.78 is 1.66. The molecule has 24 heavy (non-hydrogen) atoms. The molecule has 0 atom stereocenters. The van der Waals surface area contributed by atoms with E-state index in [1.165, 1.54) is 7.11 Å². The molecule has 1 aromatic heterocycles. The van der Waals surface area contributed by atoms with Crippen molar-refractivity contribution in [2.45, 2.75) is 0 Å². The molecule has 0 fully saturated rings. The Labute approximate surface area is 143 Å². The van der Waals surface area contributed by atoms with Crippen molar-refractivity contribution in [1.29, 1.82) is 0 Å². The molecule has 3 aromatic rings. The zero-order valence-corrected chi connectivity index (χ0v) is 13.9. The predicted octanol–water partition coefficient (Wildman–Crippen LogP) is 4.02. The van der Waals surface area contributed by atoms with Gasteiger partial charge in [0.1, 0.15) is 18.5 Å². The fraction of sp³-hybridized carbons (Fsp3) is 0.111. The Hall–Kier alpha value is -2.79. The molecule has 0 saturated carbocycles. The Bertz CT molecular complexity index is 1030. The van der Waals surface area contributed by atoms with Crippen molar-refractivity contribution in [3.63, 3.8) is 0 Å². The number of hydrogen-bond acceptors (Lipinski definition) is 4. The number of halogens is 1. The molecule has 0 saturated heterocycles. The molecule has 2 heterocycles. The molecule has 0 aliphatic carbocycles. The second-order valence-corrected chi connectivity index (χ2v) is 5.90. The Balaban J connectivity index is 2.04. The van der Waals surface area contributed by atoms with Crippen LogP contribution in [0.25, 0.3) is 10.9 Å². The molecular weight excluding hydrogens is 326 g/mol. The van der Waals surface area contributed by atoms with Crippen LogP contribution in [0.15, 0.2) is 52.6 Å². The van der Waals surface area contributed by atoms with Gasteiger partial charge in [-0.15, -0.1) is 0 Å². The number of hydrogen-bond donors (Lipinski definition) is 1. The van der Waals surface area contributed by atoms with Crippen LogP contribution in [0, 0.1) is 0 Å². The van der Waals surface area contributed by atoms with Gasteiger partial charge in [0, 0.05) is 18.0 Å². The summed E-state index contributed by atoms with van der Waals surface area (Å²) >= 11 is 6.31. The number of fused-ring (bicyclic) bond motifs is 2. The number of aryl methyl sites for hydroxylation is 1. The van der Waals surface area contributed by atoms with Crippen molar-refractivity contribution in [3.05, 3.63) is 58.6 Å². The van der Waals surface area contributed by atoms with E-state index < -0.39 is 0 Å². The number of aromatic nitrogens is 1. The lowest BCUT2D eigenvalue weighted by molar-refractivity contribution is 0.214. The normalized spacial score (nSPS) is 15.0. The lowest BCUT2D eigenvalue weighted by atomic mass is 10.0. The third-order valence-corrected chi connectivity index (χ3v) is 4.47. The lowest BCUT2D eigenvalue weighted by Gasteiger charge is -2.03. The highest BCUT2D eigenvalue weighted by Crippen LogP contribution is 2.39. The first kappa shape index (κ1) is 14.8. The van der Waals surface area contributed by atoms with Crippen molar-refractivity contribution < 1.29 is 9.94 Å². The number of benzene rings is 2. The van der Waals surface area contributed by atoms with E-state index in [0.29, 0.717) is 22.0 Å². The molecule has 1 N–H and O–H groups in total. The van der Waals surface area contributed by atoms with E-state index >= 15 is 0 Å². The van der Waals surface area contributed by atoms with Gasteiger partial charge in [0.25, 0.3) is 0 Å². The third kappa shape index (κ3) is 1.95. The van der Waals surface area contributed by atoms with Gasteiger partial charge in [-0.05, 0) is 12.1 Å². The summed E-state index contributed by atoms with van der Waals surface area (Å²) in [5.41, 5.74) is 4.18. The Kier molecular flexibility index (Phi) is 3.32. The van der Waals surface area contributed by atoms with E-state index in [9.17, 15) is 5.11 Å². The summed E-state index contributed by atoms with van der Waals surface area (Å²) in [6.45, 7) is 0. The molecule has 5 nitrogen and oxygen atoms in total. The molecule has 120 valence electrons. The van der Waals surface area contributed by atoms with Crippen LogP contribution in [0.5, 0.6) is 5.88 Å². The van der Waals surface area contributed by atoms with Gasteiger partial charge in [0.15, 0.2) is 0 Å². The number of rotatable bonds is 2. The van der Waals surface area contributed by atoms with Crippen molar-refractivity contribution in [1.82, 2.24) is 4.57 Å². The van der Waals surface area contributed by atoms with Crippen LogP contribution in [-0.2, 0) is 11.9 Å². The van der Waals surface area contributed by atoms with E-state index in [0.717, 1.165) is 22.2 Å². The minimum Gasteiger partial charge on any atom is -0.494 e. The van der Waals surface area contributed by atoms with E-state index in [1.807, 2.05) is 36.4 Å². The number of aliphatic imine (C=N–C) groups is 1. The summed E-state index contributed by atoms with van der Waals surface area (Å²) in [7, 11) is 3.26. The Morgan fingerprint density at radius 3 is 2.75 bits per heavy atom. The second kappa shape index (κ2) is 5.39. The monoisotopic (exact) mass is 339 g/mol. The van der Waals surface area contributed by atoms with Gasteiger partial charge < -0.3 is 14.5 Å². The first-order chi connectivity index (χ1) is 11.6. The van der Waals surface area contributed by atoms with Crippen LogP contribution in [-0.4, -0.2) is 28.2 Å². The standard InChI is InChI=1S/C18H14ClN3O2/c1-22-17-11(7-5-8-12(17)19)14(18(22)23)16-15(21-24-2)10-6-3-4-9-13(10)20-16/h3-9,23H,1-2H3. The van der Waals surface area contributed by atoms with Gasteiger partial charge in [0.05, 0.1) is 21.8 Å². The van der Waals surface area contributed by atoms with Crippen LogP contribution >= 0.6 is 11.6 Å². The molecule has 0 unspecified atom stereocenters. The van der Waals surface area contributed by atoms with Gasteiger partial charge >= 0.3 is 0 Å². The van der Waals surface area contributed by atoms with E-state index in [-0.39, 0.29) is 5.88 Å². The predicted molar refractivity (Wildman–Crippen MR) is 95.8 cm³/mol. The molecule has 1 aliphatic rings. The number of para-hydroxylation sites is 2. The highest BCUT2D eigenvalue weighted by Gasteiger charge is 2.30. The fourth-order valence-corrected chi connectivity index (χ4v) is 3.42. The maximum Gasteiger partial charge on any atom is 0.201 e. The minimum absolute atomic E-state index is 0.0912. The quantitative estimate of drug-likeness (QED) is 0.717. The fourth-order valence-electron chi connectivity index (χ4n) is 3.12. The molecule has 0 amide bonds. The second-order valence-electron chi connectivity index (χ2n) is 5.49. The van der Waals surface area contributed by atoms with E-state index in [4.69, 9.17) is 16.4 Å². The van der Waals surface area contributed by atoms with Crippen LogP contribution in [0.1, 0.15) is 11.1 Å². The third-order valence-electron chi connectivity index (χ3n) is 4.17. The molecule has 6 heteroatoms. The van der Waals surface area contributed by atoms with E-state index in [1.54, 1.807) is 17.7 Å². The van der Waals surface area contributed by atoms with Gasteiger partial charge in [-0.3, -0.25) is 0 Å². The van der Waals surface area contributed by atoms with Crippen molar-refractivity contribution >= 4 is 39.6 Å². The molecular formula is C18H14ClN3O2. The van der Waals surface area contributed by atoms with Crippen molar-refractivity contribution in [3.8, 4) is 5.88 Å². The van der Waals surface area contributed by atoms with Crippen molar-refractivity contribution in [2.24, 2.45) is 17.2 Å². The maximum atomic E-state index is 10.7. The highest BCUT2D eigenvalue weighted by atomic mass is 35.5. The average molecular weight is 340 g/mol. The van der Waals surface area contributed by atoms with Crippen LogP contribution in [0.3, 0.4) is 0 Å². The summed E-state index contributed by atoms with van der Waals surface area (Å²) in [5.74, 6) is 0.0912. The SMILES string of the molecule is CON=C1C(c2c(O)n(C)c3c(Cl)cccc23)=Nc2ccccc21. The van der Waals surface area contributed by atoms with Crippen LogP contribution in [0.2, 0.25) is 5.02 Å². The molecule has 2 aromatic carbocycles. The Morgan fingerprint density at radius 1 is 1.17 bits per heavy atom. The van der Waals surface area contributed by atoms with E-state index in [2.05, 4.69) is 10.1 Å². The number of nitrogens with zero attached hydrogens (tertiary/aromatic N) is 3. The van der Waals surface area contributed by atoms with Crippen LogP contribution in [0.4, 0.5) is 5.69 Å². The van der Waals surface area contributed by atoms with Crippen molar-refractivity contribution in [2.75, 3.05) is 7.11 Å². The topological polar surface area (TPSA) is 59.1 Å². The molecule has 0 radical (unpaired) electrons. The van der Waals surface area contributed by atoms with Gasteiger partial charge in [0.2, 0.25) is 5.88 Å². The number of aromatic hydroxyl groups is 1. The minimum atomic E-state index is 0.0912. The molecule has 0 spiro atoms. The lowest BCUT2D eigenvalue weighted by Crippen LogP contribution is -2.13. The molecule has 1 aliphatic heterocycles. The summed E-state index contributed by atoms with van der Waals surface area (Å²) in [5, 5.41) is 16.2. The largest absolute Gasteiger partial charge is 0.494 e. The first-order valence-corrected chi connectivity index (χ1v) is 7.77. The zero-order chi connectivity index (χ0) is 16.8. The average Bonchev–Trinajstić information content (AvgIpc) is 3.05. The van der Waals surface area contributed by atoms with Gasteiger partial charge in [-0.2, -0.15) is 0 Å². The summed E-state index contributed by atoms with van der Waals surface area (Å²) in [6.07, 6.45) is 0. The maximum absolute atomic E-state index is 10.7. The highest BCUT2D eigenvalue weighted by molar-refractivity contribution is 6.58. The number of oxime groups is 1. The van der Waals surface area contributed by atoms with Gasteiger partial charge in [-0.1, -0.05) is 47.1 Å². The summed E-state index contributed by atoms with van der Waals surface area (Å²) in [4.78, 5) is 9.67. The van der Waals surface area contributed by atoms with Gasteiger partial charge in [-0.25, -0.2) is 4.99 Å². The first-order valence-electron chi connectivity index (χ1n) is 7.39. The summed E-state index contributed by atoms with van der Waals surface area (Å²) in [6, 6.07) is 13.2. The zero-order valence-electron chi connectivity index (χ0n) is 13.1.